The van der Waals surface area contributed by atoms with Crippen molar-refractivity contribution in [3.63, 3.8) is 0 Å². The highest BCUT2D eigenvalue weighted by Crippen LogP contribution is 2.13. The highest BCUT2D eigenvalue weighted by Gasteiger charge is 2.12. The first-order chi connectivity index (χ1) is 14.4. The standard InChI is InChI=1S/C21H19BrN4O4/c22-16-6-8-17(9-7-16)24-18(27)12-23-19(28)14-26-20(29)10-11-25(21(26)30)13-15-4-2-1-3-5-15/h1-11H,12-14H2,(H,23,28)(H,24,27). The molecule has 8 nitrogen and oxygen atoms in total. The van der Waals surface area contributed by atoms with Crippen LogP contribution >= 0.6 is 15.9 Å². The lowest BCUT2D eigenvalue weighted by Gasteiger charge is -2.11. The van der Waals surface area contributed by atoms with Crippen LogP contribution in [-0.2, 0) is 22.7 Å². The number of amides is 2. The van der Waals surface area contributed by atoms with E-state index in [1.165, 1.54) is 16.8 Å². The smallest absolute Gasteiger partial charge is 0.331 e. The predicted molar refractivity (Wildman–Crippen MR) is 116 cm³/mol. The SMILES string of the molecule is O=C(Cn1c(=O)ccn(Cc2ccccc2)c1=O)NCC(=O)Nc1ccc(Br)cc1. The number of carbonyl (C=O) groups excluding carboxylic acids is 2. The number of aromatic nitrogens is 2. The average molecular weight is 471 g/mol. The summed E-state index contributed by atoms with van der Waals surface area (Å²) < 4.78 is 3.06. The van der Waals surface area contributed by atoms with Gasteiger partial charge in [-0.3, -0.25) is 23.5 Å². The van der Waals surface area contributed by atoms with Gasteiger partial charge in [-0.15, -0.1) is 0 Å². The Morgan fingerprint density at radius 2 is 1.60 bits per heavy atom. The Bertz CT molecular complexity index is 1150. The molecule has 0 aliphatic carbocycles. The molecule has 3 aromatic rings. The van der Waals surface area contributed by atoms with E-state index in [1.54, 1.807) is 24.3 Å². The molecule has 1 heterocycles. The van der Waals surface area contributed by atoms with Crippen LogP contribution in [0.1, 0.15) is 5.56 Å². The van der Waals surface area contributed by atoms with Gasteiger partial charge in [-0.1, -0.05) is 46.3 Å². The maximum absolute atomic E-state index is 12.6. The minimum absolute atomic E-state index is 0.275. The van der Waals surface area contributed by atoms with Crippen LogP contribution in [0.2, 0.25) is 0 Å². The van der Waals surface area contributed by atoms with E-state index in [9.17, 15) is 19.2 Å². The molecule has 0 spiro atoms. The third-order valence-electron chi connectivity index (χ3n) is 4.21. The van der Waals surface area contributed by atoms with E-state index >= 15 is 0 Å². The third-order valence-corrected chi connectivity index (χ3v) is 4.74. The Balaban J connectivity index is 1.61. The average Bonchev–Trinajstić information content (AvgIpc) is 2.74. The zero-order valence-corrected chi connectivity index (χ0v) is 17.5. The van der Waals surface area contributed by atoms with Crippen molar-refractivity contribution in [2.45, 2.75) is 13.1 Å². The number of benzene rings is 2. The second-order valence-corrected chi connectivity index (χ2v) is 7.38. The molecule has 0 unspecified atom stereocenters. The van der Waals surface area contributed by atoms with Gasteiger partial charge in [-0.05, 0) is 29.8 Å². The minimum Gasteiger partial charge on any atom is -0.345 e. The van der Waals surface area contributed by atoms with E-state index < -0.39 is 29.6 Å². The van der Waals surface area contributed by atoms with E-state index in [-0.39, 0.29) is 13.1 Å². The van der Waals surface area contributed by atoms with Crippen LogP contribution in [0.3, 0.4) is 0 Å². The molecule has 0 radical (unpaired) electrons. The molecule has 2 aromatic carbocycles. The van der Waals surface area contributed by atoms with Gasteiger partial charge < -0.3 is 10.6 Å². The predicted octanol–water partition coefficient (Wildman–Crippen LogP) is 1.58. The second kappa shape index (κ2) is 9.84. The van der Waals surface area contributed by atoms with Gasteiger partial charge >= 0.3 is 5.69 Å². The van der Waals surface area contributed by atoms with Crippen LogP contribution in [0.4, 0.5) is 5.69 Å². The molecule has 2 N–H and O–H groups in total. The van der Waals surface area contributed by atoms with Gasteiger partial charge in [0.1, 0.15) is 6.54 Å². The summed E-state index contributed by atoms with van der Waals surface area (Å²) in [5.74, 6) is -1.04. The van der Waals surface area contributed by atoms with E-state index in [0.29, 0.717) is 5.69 Å². The van der Waals surface area contributed by atoms with Gasteiger partial charge in [-0.2, -0.15) is 0 Å². The lowest BCUT2D eigenvalue weighted by atomic mass is 10.2. The highest BCUT2D eigenvalue weighted by atomic mass is 79.9. The molecule has 30 heavy (non-hydrogen) atoms. The van der Waals surface area contributed by atoms with Crippen molar-refractivity contribution >= 4 is 33.4 Å². The summed E-state index contributed by atoms with van der Waals surface area (Å²) in [6.45, 7) is -0.481. The van der Waals surface area contributed by atoms with Crippen molar-refractivity contribution in [1.29, 1.82) is 0 Å². The molecule has 0 saturated heterocycles. The Labute approximate surface area is 180 Å². The maximum Gasteiger partial charge on any atom is 0.331 e. The Morgan fingerprint density at radius 3 is 2.30 bits per heavy atom. The lowest BCUT2D eigenvalue weighted by molar-refractivity contribution is -0.124. The number of nitrogens with one attached hydrogen (secondary N) is 2. The first-order valence-corrected chi connectivity index (χ1v) is 9.88. The van der Waals surface area contributed by atoms with Crippen molar-refractivity contribution in [2.24, 2.45) is 0 Å². The highest BCUT2D eigenvalue weighted by molar-refractivity contribution is 9.10. The number of nitrogens with zero attached hydrogens (tertiary/aromatic N) is 2. The molecule has 0 atom stereocenters. The molecule has 0 fully saturated rings. The maximum atomic E-state index is 12.6. The molecule has 1 aromatic heterocycles. The summed E-state index contributed by atoms with van der Waals surface area (Å²) in [5.41, 5.74) is 0.291. The molecular formula is C21H19BrN4O4. The molecule has 3 rings (SSSR count). The van der Waals surface area contributed by atoms with Crippen molar-refractivity contribution in [1.82, 2.24) is 14.5 Å². The summed E-state index contributed by atoms with van der Waals surface area (Å²) in [4.78, 5) is 48.8. The molecule has 0 aliphatic rings. The Morgan fingerprint density at radius 1 is 0.900 bits per heavy atom. The van der Waals surface area contributed by atoms with Crippen LogP contribution in [-0.4, -0.2) is 27.5 Å². The third kappa shape index (κ3) is 5.77. The Kier molecular flexibility index (Phi) is 6.97. The number of halogens is 1. The lowest BCUT2D eigenvalue weighted by Crippen LogP contribution is -2.44. The van der Waals surface area contributed by atoms with Gasteiger partial charge in [0.2, 0.25) is 11.8 Å². The number of anilines is 1. The monoisotopic (exact) mass is 470 g/mol. The largest absolute Gasteiger partial charge is 0.345 e. The fourth-order valence-corrected chi connectivity index (χ4v) is 2.98. The zero-order valence-electron chi connectivity index (χ0n) is 15.9. The van der Waals surface area contributed by atoms with E-state index in [1.807, 2.05) is 30.3 Å². The van der Waals surface area contributed by atoms with Crippen LogP contribution in [0.25, 0.3) is 0 Å². The fraction of sp³-hybridized carbons (Fsp3) is 0.143. The van der Waals surface area contributed by atoms with Gasteiger partial charge in [-0.25, -0.2) is 4.79 Å². The molecule has 154 valence electrons. The van der Waals surface area contributed by atoms with Gasteiger partial charge in [0.05, 0.1) is 13.1 Å². The number of carbonyl (C=O) groups is 2. The summed E-state index contributed by atoms with van der Waals surface area (Å²) in [5, 5.41) is 5.06. The molecular weight excluding hydrogens is 452 g/mol. The van der Waals surface area contributed by atoms with Crippen LogP contribution in [0, 0.1) is 0 Å². The van der Waals surface area contributed by atoms with E-state index in [2.05, 4.69) is 26.6 Å². The number of hydrogen-bond donors (Lipinski definition) is 2. The quantitative estimate of drug-likeness (QED) is 0.546. The van der Waals surface area contributed by atoms with Gasteiger partial charge in [0.25, 0.3) is 5.56 Å². The van der Waals surface area contributed by atoms with E-state index in [4.69, 9.17) is 0 Å². The molecule has 0 bridgehead atoms. The van der Waals surface area contributed by atoms with Gasteiger partial charge in [0.15, 0.2) is 0 Å². The summed E-state index contributed by atoms with van der Waals surface area (Å²) in [6.07, 6.45) is 1.40. The van der Waals surface area contributed by atoms with Gasteiger partial charge in [0, 0.05) is 22.4 Å². The number of rotatable bonds is 7. The summed E-state index contributed by atoms with van der Waals surface area (Å²) >= 11 is 3.30. The normalized spacial score (nSPS) is 10.4. The fourth-order valence-electron chi connectivity index (χ4n) is 2.72. The molecule has 9 heteroatoms. The van der Waals surface area contributed by atoms with Crippen LogP contribution in [0.15, 0.2) is 80.9 Å². The summed E-state index contributed by atoms with van der Waals surface area (Å²) in [6, 6.07) is 17.5. The van der Waals surface area contributed by atoms with Crippen LogP contribution in [0.5, 0.6) is 0 Å². The second-order valence-electron chi connectivity index (χ2n) is 6.47. The number of hydrogen-bond acceptors (Lipinski definition) is 4. The van der Waals surface area contributed by atoms with Crippen molar-refractivity contribution < 1.29 is 9.59 Å². The minimum atomic E-state index is -0.613. The molecule has 0 aliphatic heterocycles. The van der Waals surface area contributed by atoms with E-state index in [0.717, 1.165) is 14.6 Å². The van der Waals surface area contributed by atoms with Crippen molar-refractivity contribution in [3.8, 4) is 0 Å². The van der Waals surface area contributed by atoms with Crippen molar-refractivity contribution in [3.05, 3.63) is 97.7 Å². The van der Waals surface area contributed by atoms with Crippen molar-refractivity contribution in [2.75, 3.05) is 11.9 Å². The zero-order chi connectivity index (χ0) is 21.5. The molecule has 0 saturated carbocycles. The summed E-state index contributed by atoms with van der Waals surface area (Å²) in [7, 11) is 0. The molecule has 2 amide bonds. The first-order valence-electron chi connectivity index (χ1n) is 9.09. The topological polar surface area (TPSA) is 102 Å². The Hall–Kier alpha value is -3.46. The first kappa shape index (κ1) is 21.3. The van der Waals surface area contributed by atoms with Crippen LogP contribution < -0.4 is 21.9 Å².